The van der Waals surface area contributed by atoms with Crippen molar-refractivity contribution in [3.05, 3.63) is 101 Å². The Labute approximate surface area is 229 Å². The molecule has 1 radical (unpaired) electrons. The van der Waals surface area contributed by atoms with Crippen molar-refractivity contribution < 1.29 is 26.3 Å². The fourth-order valence-corrected chi connectivity index (χ4v) is 10.8. The molecule has 7 rings (SSSR count). The fraction of sp³-hybridized carbons (Fsp3) is 0.212. The van der Waals surface area contributed by atoms with Gasteiger partial charge in [-0.15, -0.1) is 0 Å². The van der Waals surface area contributed by atoms with Gasteiger partial charge in [0.2, 0.25) is 0 Å². The summed E-state index contributed by atoms with van der Waals surface area (Å²) in [6, 6.07) is 20.1. The van der Waals surface area contributed by atoms with Gasteiger partial charge in [-0.2, -0.15) is 26.3 Å². The highest BCUT2D eigenvalue weighted by atomic mass is 28.3. The Morgan fingerprint density at radius 3 is 1.88 bits per heavy atom. The molecule has 0 amide bonds. The fourth-order valence-electron chi connectivity index (χ4n) is 6.74. The van der Waals surface area contributed by atoms with Crippen LogP contribution in [0.4, 0.5) is 26.3 Å². The van der Waals surface area contributed by atoms with Crippen LogP contribution in [0, 0.1) is 5.41 Å². The number of fused-ring (bicyclic) bond motifs is 6. The van der Waals surface area contributed by atoms with Crippen LogP contribution in [0.2, 0.25) is 0 Å². The Morgan fingerprint density at radius 1 is 0.650 bits per heavy atom. The number of halogens is 6. The number of alkyl halides is 6. The molecule has 1 unspecified atom stereocenters. The molecule has 0 N–H and O–H groups in total. The number of benzene rings is 4. The van der Waals surface area contributed by atoms with E-state index in [1.54, 1.807) is 0 Å². The molecule has 0 nitrogen and oxygen atoms in total. The van der Waals surface area contributed by atoms with Crippen molar-refractivity contribution >= 4 is 25.2 Å². The van der Waals surface area contributed by atoms with Crippen LogP contribution in [0.1, 0.15) is 48.6 Å². The van der Waals surface area contributed by atoms with Gasteiger partial charge in [0.1, 0.15) is 8.80 Å². The predicted octanol–water partition coefficient (Wildman–Crippen LogP) is 8.73. The molecule has 3 aliphatic rings. The average Bonchev–Trinajstić information content (AvgIpc) is 3.40. The zero-order valence-corrected chi connectivity index (χ0v) is 22.9. The molecular formula is C33H23F6Si. The van der Waals surface area contributed by atoms with Crippen molar-refractivity contribution in [2.45, 2.75) is 38.7 Å². The minimum atomic E-state index is -4.92. The zero-order valence-electron chi connectivity index (χ0n) is 21.9. The maximum absolute atomic E-state index is 14.0. The Kier molecular flexibility index (Phi) is 5.08. The summed E-state index contributed by atoms with van der Waals surface area (Å²) >= 11 is 0. The van der Waals surface area contributed by atoms with Crippen molar-refractivity contribution in [2.75, 3.05) is 0 Å². The molecule has 0 saturated heterocycles. The van der Waals surface area contributed by atoms with E-state index in [9.17, 15) is 26.3 Å². The largest absolute Gasteiger partial charge is 0.416 e. The van der Waals surface area contributed by atoms with E-state index in [1.807, 2.05) is 36.4 Å². The second kappa shape index (κ2) is 8.00. The summed E-state index contributed by atoms with van der Waals surface area (Å²) < 4.78 is 83.8. The molecule has 2 bridgehead atoms. The van der Waals surface area contributed by atoms with E-state index in [4.69, 9.17) is 0 Å². The summed E-state index contributed by atoms with van der Waals surface area (Å²) in [4.78, 5) is 0. The monoisotopic (exact) mass is 561 g/mol. The van der Waals surface area contributed by atoms with E-state index in [-0.39, 0.29) is 22.6 Å². The van der Waals surface area contributed by atoms with Crippen molar-refractivity contribution in [1.82, 2.24) is 0 Å². The van der Waals surface area contributed by atoms with E-state index < -0.39 is 32.3 Å². The smallest absolute Gasteiger partial charge is 0.166 e. The Balaban J connectivity index is 1.62. The Bertz CT molecular complexity index is 1740. The number of hydrogen-bond donors (Lipinski definition) is 0. The van der Waals surface area contributed by atoms with E-state index in [2.05, 4.69) is 45.0 Å². The quantitative estimate of drug-likeness (QED) is 0.161. The molecule has 0 spiro atoms. The molecule has 201 valence electrons. The Hall–Kier alpha value is -3.58. The van der Waals surface area contributed by atoms with Crippen molar-refractivity contribution in [3.63, 3.8) is 0 Å². The molecule has 0 fully saturated rings. The molecule has 0 aromatic heterocycles. The second-order valence-electron chi connectivity index (χ2n) is 11.8. The summed E-state index contributed by atoms with van der Waals surface area (Å²) in [5, 5.41) is 2.42. The minimum absolute atomic E-state index is 0.0454. The summed E-state index contributed by atoms with van der Waals surface area (Å²) in [5.41, 5.74) is 4.19. The third kappa shape index (κ3) is 3.53. The molecule has 4 aromatic rings. The van der Waals surface area contributed by atoms with Crippen LogP contribution in [-0.4, -0.2) is 8.80 Å². The van der Waals surface area contributed by atoms with Crippen LogP contribution in [0.25, 0.3) is 39.5 Å². The third-order valence-corrected chi connectivity index (χ3v) is 11.6. The predicted molar refractivity (Wildman–Crippen MR) is 148 cm³/mol. The first-order valence-electron chi connectivity index (χ1n) is 13.0. The van der Waals surface area contributed by atoms with Gasteiger partial charge in [-0.25, -0.2) is 0 Å². The highest BCUT2D eigenvalue weighted by molar-refractivity contribution is 6.92. The van der Waals surface area contributed by atoms with Crippen LogP contribution in [0.3, 0.4) is 0 Å². The van der Waals surface area contributed by atoms with Crippen LogP contribution in [0.5, 0.6) is 0 Å². The molecular weight excluding hydrogens is 538 g/mol. The van der Waals surface area contributed by atoms with Crippen LogP contribution in [0.15, 0.2) is 78.4 Å². The molecule has 1 aliphatic carbocycles. The van der Waals surface area contributed by atoms with Crippen molar-refractivity contribution in [3.8, 4) is 33.4 Å². The normalized spacial score (nSPS) is 17.4. The van der Waals surface area contributed by atoms with Crippen LogP contribution in [-0.2, 0) is 12.4 Å². The highest BCUT2D eigenvalue weighted by Gasteiger charge is 2.49. The maximum Gasteiger partial charge on any atom is 0.416 e. The van der Waals surface area contributed by atoms with Gasteiger partial charge in [-0.1, -0.05) is 87.0 Å². The summed E-state index contributed by atoms with van der Waals surface area (Å²) in [6.45, 7) is 6.37. The number of allylic oxidation sites excluding steroid dienone is 1. The van der Waals surface area contributed by atoms with Gasteiger partial charge in [0.25, 0.3) is 0 Å². The zero-order chi connectivity index (χ0) is 28.4. The topological polar surface area (TPSA) is 0 Å². The Morgan fingerprint density at radius 2 is 1.25 bits per heavy atom. The van der Waals surface area contributed by atoms with Crippen molar-refractivity contribution in [2.24, 2.45) is 5.41 Å². The van der Waals surface area contributed by atoms with Crippen LogP contribution < -0.4 is 10.4 Å². The maximum atomic E-state index is 14.0. The standard InChI is InChI=1S/C33H23F6Si/c1-31(2,3)25-15-17-11-12-22-24-9-6-8-23-21-7-4-5-10-26(21)40(29(23)24)30(25)28(17)27(22)18-13-19(32(34,35)36)16-20(14-18)33(37,38)39/h4-16,30H,1-3H3. The third-order valence-electron chi connectivity index (χ3n) is 8.35. The summed E-state index contributed by atoms with van der Waals surface area (Å²) in [5.74, 6) is 0. The molecule has 2 heterocycles. The minimum Gasteiger partial charge on any atom is -0.166 e. The summed E-state index contributed by atoms with van der Waals surface area (Å²) in [7, 11) is -1.54. The van der Waals surface area contributed by atoms with E-state index in [0.717, 1.165) is 40.0 Å². The molecule has 40 heavy (non-hydrogen) atoms. The SMILES string of the molecule is CC(C)(C)C1=Cc2ccc3c(-c4cc(C(F)(F)F)cc(C(F)(F)F)c4)c2C1[Si]1c2ccccc2-c2cccc-3c21. The van der Waals surface area contributed by atoms with E-state index in [0.29, 0.717) is 11.1 Å². The van der Waals surface area contributed by atoms with Crippen LogP contribution >= 0.6 is 0 Å². The van der Waals surface area contributed by atoms with E-state index in [1.165, 1.54) is 15.9 Å². The molecule has 4 aromatic carbocycles. The first-order chi connectivity index (χ1) is 18.7. The summed E-state index contributed by atoms with van der Waals surface area (Å²) in [6.07, 6.45) is -7.72. The van der Waals surface area contributed by atoms with Gasteiger partial charge in [0.05, 0.1) is 11.1 Å². The lowest BCUT2D eigenvalue weighted by molar-refractivity contribution is -0.143. The first-order valence-corrected chi connectivity index (χ1v) is 14.6. The molecule has 1 atom stereocenters. The lowest BCUT2D eigenvalue weighted by atomic mass is 9.82. The first kappa shape index (κ1) is 25.4. The van der Waals surface area contributed by atoms with Gasteiger partial charge in [0.15, 0.2) is 0 Å². The molecule has 0 saturated carbocycles. The van der Waals surface area contributed by atoms with Gasteiger partial charge in [-0.3, -0.25) is 0 Å². The highest BCUT2D eigenvalue weighted by Crippen LogP contribution is 2.55. The number of hydrogen-bond acceptors (Lipinski definition) is 0. The van der Waals surface area contributed by atoms with Gasteiger partial charge in [-0.05, 0) is 78.5 Å². The van der Waals surface area contributed by atoms with Gasteiger partial charge in [0, 0.05) is 5.54 Å². The van der Waals surface area contributed by atoms with Gasteiger partial charge < -0.3 is 0 Å². The molecule has 7 heteroatoms. The number of rotatable bonds is 1. The molecule has 2 aliphatic heterocycles. The lowest BCUT2D eigenvalue weighted by Gasteiger charge is -2.32. The van der Waals surface area contributed by atoms with Crippen molar-refractivity contribution in [1.29, 1.82) is 0 Å². The van der Waals surface area contributed by atoms with E-state index >= 15 is 0 Å². The van der Waals surface area contributed by atoms with Gasteiger partial charge >= 0.3 is 12.4 Å². The second-order valence-corrected chi connectivity index (χ2v) is 14.2. The average molecular weight is 562 g/mol. The lowest BCUT2D eigenvalue weighted by Crippen LogP contribution is -2.45.